The average Bonchev–Trinajstić information content (AvgIpc) is 3.04. The van der Waals surface area contributed by atoms with Crippen molar-refractivity contribution in [1.82, 2.24) is 25.1 Å². The van der Waals surface area contributed by atoms with Gasteiger partial charge in [-0.15, -0.1) is 0 Å². The van der Waals surface area contributed by atoms with Crippen LogP contribution in [0.25, 0.3) is 22.2 Å². The molecule has 33 heavy (non-hydrogen) atoms. The van der Waals surface area contributed by atoms with Crippen LogP contribution in [0.2, 0.25) is 10.0 Å². The molecule has 1 aromatic carbocycles. The van der Waals surface area contributed by atoms with Crippen molar-refractivity contribution in [1.29, 1.82) is 0 Å². The summed E-state index contributed by atoms with van der Waals surface area (Å²) in [6.07, 6.45) is 15.0. The van der Waals surface area contributed by atoms with E-state index >= 15 is 0 Å². The molecule has 8 nitrogen and oxygen atoms in total. The van der Waals surface area contributed by atoms with Gasteiger partial charge >= 0.3 is 0 Å². The summed E-state index contributed by atoms with van der Waals surface area (Å²) < 4.78 is 6.14. The molecule has 0 spiro atoms. The maximum Gasteiger partial charge on any atom is 0.233 e. The number of aliphatic imine (C=N–C) groups is 1. The normalized spacial score (nSPS) is 14.0. The van der Waals surface area contributed by atoms with Crippen LogP contribution in [0.1, 0.15) is 18.6 Å². The third-order valence-electron chi connectivity index (χ3n) is 5.02. The Morgan fingerprint density at radius 3 is 2.61 bits per heavy atom. The lowest BCUT2D eigenvalue weighted by Gasteiger charge is -2.17. The number of aromatic amines is 1. The number of nitrogens with one attached hydrogen (secondary N) is 1. The van der Waals surface area contributed by atoms with Crippen LogP contribution in [0.4, 0.5) is 5.95 Å². The van der Waals surface area contributed by atoms with Crippen LogP contribution < -0.4 is 9.64 Å². The SMILES string of the molecule is C[C@@H](Oc1ccc2[nH]nc(-c3cnc(N4C=CC=NC=C4)nc3)c2c1)c1c(Cl)cncc1Cl. The highest BCUT2D eigenvalue weighted by molar-refractivity contribution is 6.35. The van der Waals surface area contributed by atoms with Crippen molar-refractivity contribution in [3.8, 4) is 17.0 Å². The lowest BCUT2D eigenvalue weighted by molar-refractivity contribution is 0.227. The lowest BCUT2D eigenvalue weighted by atomic mass is 10.1. The number of H-pyrrole nitrogens is 1. The highest BCUT2D eigenvalue weighted by Crippen LogP contribution is 2.34. The molecule has 0 unspecified atom stereocenters. The predicted molar refractivity (Wildman–Crippen MR) is 130 cm³/mol. The zero-order valence-corrected chi connectivity index (χ0v) is 18.9. The standard InChI is InChI=1S/C23H17Cl2N7O/c1-14(21-18(24)12-27-13-19(21)25)33-16-3-4-20-17(9-16)22(31-30-20)15-10-28-23(29-11-15)32-7-2-5-26-6-8-32/h2-14H,1H3,(H,30,31)/t14-/m1/s1. The van der Waals surface area contributed by atoms with Crippen molar-refractivity contribution in [2.45, 2.75) is 13.0 Å². The highest BCUT2D eigenvalue weighted by Gasteiger charge is 2.17. The molecule has 1 aliphatic heterocycles. The molecule has 0 bridgehead atoms. The quantitative estimate of drug-likeness (QED) is 0.394. The number of hydrogen-bond donors (Lipinski definition) is 1. The number of allylic oxidation sites excluding steroid dienone is 1. The Balaban J connectivity index is 1.43. The number of hydrogen-bond acceptors (Lipinski definition) is 7. The number of fused-ring (bicyclic) bond motifs is 1. The summed E-state index contributed by atoms with van der Waals surface area (Å²) in [4.78, 5) is 18.8. The van der Waals surface area contributed by atoms with Crippen LogP contribution in [0.15, 0.2) is 72.7 Å². The van der Waals surface area contributed by atoms with Crippen LogP contribution in [0, 0.1) is 0 Å². The number of nitrogens with zero attached hydrogens (tertiary/aromatic N) is 6. The van der Waals surface area contributed by atoms with Crippen molar-refractivity contribution in [2.24, 2.45) is 4.99 Å². The second kappa shape index (κ2) is 9.01. The molecule has 0 aliphatic carbocycles. The first-order valence-electron chi connectivity index (χ1n) is 10.0. The molecule has 5 rings (SSSR count). The fourth-order valence-corrected chi connectivity index (χ4v) is 4.13. The van der Waals surface area contributed by atoms with Crippen molar-refractivity contribution in [3.63, 3.8) is 0 Å². The molecule has 0 radical (unpaired) electrons. The molecule has 0 fully saturated rings. The monoisotopic (exact) mass is 477 g/mol. The molecule has 1 atom stereocenters. The molecule has 1 N–H and O–H groups in total. The van der Waals surface area contributed by atoms with Gasteiger partial charge in [-0.3, -0.25) is 20.0 Å². The maximum atomic E-state index is 6.28. The van der Waals surface area contributed by atoms with Gasteiger partial charge in [0.25, 0.3) is 0 Å². The fraction of sp³-hybridized carbons (Fsp3) is 0.0870. The summed E-state index contributed by atoms with van der Waals surface area (Å²) in [6, 6.07) is 5.69. The Labute approximate surface area is 199 Å². The third kappa shape index (κ3) is 4.30. The molecule has 4 heterocycles. The molecule has 0 saturated heterocycles. The largest absolute Gasteiger partial charge is 0.486 e. The van der Waals surface area contributed by atoms with E-state index in [2.05, 4.69) is 30.1 Å². The molecule has 164 valence electrons. The summed E-state index contributed by atoms with van der Waals surface area (Å²) in [7, 11) is 0. The average molecular weight is 478 g/mol. The van der Waals surface area contributed by atoms with E-state index in [1.165, 1.54) is 0 Å². The van der Waals surface area contributed by atoms with Crippen LogP contribution >= 0.6 is 23.2 Å². The van der Waals surface area contributed by atoms with Gasteiger partial charge in [-0.05, 0) is 31.2 Å². The zero-order chi connectivity index (χ0) is 22.8. The molecule has 4 aromatic rings. The predicted octanol–water partition coefficient (Wildman–Crippen LogP) is 5.74. The Hall–Kier alpha value is -3.75. The Bertz CT molecular complexity index is 1360. The number of pyridine rings is 1. The molecule has 10 heteroatoms. The van der Waals surface area contributed by atoms with Gasteiger partial charge in [-0.25, -0.2) is 9.97 Å². The van der Waals surface area contributed by atoms with Gasteiger partial charge in [0.05, 0.1) is 15.6 Å². The van der Waals surface area contributed by atoms with Gasteiger partial charge in [0.1, 0.15) is 17.5 Å². The van der Waals surface area contributed by atoms with Gasteiger partial charge in [0, 0.05) is 66.1 Å². The number of rotatable bonds is 5. The summed E-state index contributed by atoms with van der Waals surface area (Å²) in [6.45, 7) is 1.89. The van der Waals surface area contributed by atoms with Crippen LogP contribution in [-0.4, -0.2) is 31.4 Å². The van der Waals surface area contributed by atoms with Crippen molar-refractivity contribution in [2.75, 3.05) is 4.90 Å². The van der Waals surface area contributed by atoms with Crippen molar-refractivity contribution >= 4 is 46.3 Å². The fourth-order valence-electron chi connectivity index (χ4n) is 3.46. The zero-order valence-electron chi connectivity index (χ0n) is 17.4. The number of ether oxygens (including phenoxy) is 1. The van der Waals surface area contributed by atoms with E-state index in [1.54, 1.807) is 48.3 Å². The Morgan fingerprint density at radius 1 is 1.03 bits per heavy atom. The van der Waals surface area contributed by atoms with E-state index < -0.39 is 0 Å². The van der Waals surface area contributed by atoms with E-state index in [4.69, 9.17) is 27.9 Å². The summed E-state index contributed by atoms with van der Waals surface area (Å²) in [5.74, 6) is 1.18. The van der Waals surface area contributed by atoms with E-state index in [9.17, 15) is 0 Å². The first kappa shape index (κ1) is 21.1. The first-order chi connectivity index (χ1) is 16.1. The summed E-state index contributed by atoms with van der Waals surface area (Å²) >= 11 is 12.6. The smallest absolute Gasteiger partial charge is 0.233 e. The molecular formula is C23H17Cl2N7O. The lowest BCUT2D eigenvalue weighted by Crippen LogP contribution is -2.10. The van der Waals surface area contributed by atoms with Gasteiger partial charge in [-0.1, -0.05) is 23.2 Å². The van der Waals surface area contributed by atoms with E-state index in [0.29, 0.717) is 27.3 Å². The minimum absolute atomic E-state index is 0.373. The molecule has 1 aliphatic rings. The van der Waals surface area contributed by atoms with Crippen LogP contribution in [-0.2, 0) is 0 Å². The second-order valence-electron chi connectivity index (χ2n) is 7.17. The maximum absolute atomic E-state index is 6.28. The third-order valence-corrected chi connectivity index (χ3v) is 5.62. The van der Waals surface area contributed by atoms with Gasteiger partial charge in [0.2, 0.25) is 5.95 Å². The molecule has 0 saturated carbocycles. The Kier molecular flexibility index (Phi) is 5.77. The molecular weight excluding hydrogens is 461 g/mol. The van der Waals surface area contributed by atoms with Gasteiger partial charge in [-0.2, -0.15) is 5.10 Å². The molecule has 3 aromatic heterocycles. The van der Waals surface area contributed by atoms with Crippen molar-refractivity contribution < 1.29 is 4.74 Å². The number of benzene rings is 1. The minimum atomic E-state index is -0.373. The van der Waals surface area contributed by atoms with Gasteiger partial charge in [0.15, 0.2) is 0 Å². The van der Waals surface area contributed by atoms with Gasteiger partial charge < -0.3 is 4.74 Å². The summed E-state index contributed by atoms with van der Waals surface area (Å²) in [5, 5.41) is 9.29. The minimum Gasteiger partial charge on any atom is -0.486 e. The topological polar surface area (TPSA) is 92.2 Å². The summed E-state index contributed by atoms with van der Waals surface area (Å²) in [5.41, 5.74) is 3.05. The number of aromatic nitrogens is 5. The van der Waals surface area contributed by atoms with E-state index in [1.807, 2.05) is 37.4 Å². The van der Waals surface area contributed by atoms with Crippen LogP contribution in [0.3, 0.4) is 0 Å². The van der Waals surface area contributed by atoms with Crippen LogP contribution in [0.5, 0.6) is 5.75 Å². The second-order valence-corrected chi connectivity index (χ2v) is 7.99. The Morgan fingerprint density at radius 2 is 1.82 bits per heavy atom. The van der Waals surface area contributed by atoms with Crippen molar-refractivity contribution in [3.05, 3.63) is 83.3 Å². The number of anilines is 1. The highest BCUT2D eigenvalue weighted by atomic mass is 35.5. The number of halogens is 2. The first-order valence-corrected chi connectivity index (χ1v) is 10.8. The molecule has 0 amide bonds. The van der Waals surface area contributed by atoms with E-state index in [-0.39, 0.29) is 6.10 Å². The van der Waals surface area contributed by atoms with E-state index in [0.717, 1.165) is 22.2 Å².